The van der Waals surface area contributed by atoms with E-state index in [4.69, 9.17) is 16.3 Å². The van der Waals surface area contributed by atoms with Gasteiger partial charge in [0, 0.05) is 24.6 Å². The molecule has 2 atom stereocenters. The Morgan fingerprint density at radius 3 is 3.14 bits per heavy atom. The third-order valence-corrected chi connectivity index (χ3v) is 3.66. The molecule has 0 bridgehead atoms. The lowest BCUT2D eigenvalue weighted by Gasteiger charge is -2.24. The van der Waals surface area contributed by atoms with Gasteiger partial charge in [0.25, 0.3) is 0 Å². The second-order valence-electron chi connectivity index (χ2n) is 5.19. The van der Waals surface area contributed by atoms with E-state index in [0.29, 0.717) is 12.6 Å². The number of rotatable bonds is 1. The van der Waals surface area contributed by atoms with Crippen molar-refractivity contribution < 1.29 is 9.53 Å². The number of benzene rings is 1. The molecule has 2 unspecified atom stereocenters. The minimum Gasteiger partial charge on any atom is -0.493 e. The number of urea groups is 1. The van der Waals surface area contributed by atoms with Crippen LogP contribution in [0.3, 0.4) is 0 Å². The lowest BCUT2D eigenvalue weighted by molar-refractivity contribution is 0.255. The van der Waals surface area contributed by atoms with Crippen LogP contribution in [0.4, 0.5) is 10.5 Å². The van der Waals surface area contributed by atoms with Crippen molar-refractivity contribution in [3.63, 3.8) is 0 Å². The highest BCUT2D eigenvalue weighted by molar-refractivity contribution is 6.21. The zero-order valence-corrected chi connectivity index (χ0v) is 12.4. The molecule has 0 radical (unpaired) electrons. The summed E-state index contributed by atoms with van der Waals surface area (Å²) >= 11 is 6.00. The summed E-state index contributed by atoms with van der Waals surface area (Å²) in [6.45, 7) is 2.69. The number of hydrogen-bond acceptors (Lipinski definition) is 4. The minimum absolute atomic E-state index is 0.178. The second-order valence-corrected chi connectivity index (χ2v) is 5.70. The number of ether oxygens (including phenoxy) is 1. The first kappa shape index (κ1) is 14.0. The first-order chi connectivity index (χ1) is 10.1. The van der Waals surface area contributed by atoms with Crippen molar-refractivity contribution in [2.45, 2.75) is 31.3 Å². The maximum atomic E-state index is 12.0. The molecule has 3 N–H and O–H groups in total. The van der Waals surface area contributed by atoms with Crippen molar-refractivity contribution in [1.82, 2.24) is 10.6 Å². The summed E-state index contributed by atoms with van der Waals surface area (Å²) in [4.78, 5) is 16.1. The fraction of sp³-hybridized carbons (Fsp3) is 0.429. The number of aliphatic imine (C=N–C) groups is 1. The van der Waals surface area contributed by atoms with Gasteiger partial charge in [0.05, 0.1) is 6.61 Å². The van der Waals surface area contributed by atoms with E-state index in [1.807, 2.05) is 25.1 Å². The first-order valence-corrected chi connectivity index (χ1v) is 7.36. The van der Waals surface area contributed by atoms with Crippen LogP contribution in [0.25, 0.3) is 0 Å². The highest BCUT2D eigenvalue weighted by Gasteiger charge is 2.19. The van der Waals surface area contributed by atoms with Crippen LogP contribution in [0.2, 0.25) is 0 Å². The van der Waals surface area contributed by atoms with Crippen molar-refractivity contribution in [2.24, 2.45) is 4.99 Å². The van der Waals surface area contributed by atoms with E-state index in [1.165, 1.54) is 0 Å². The van der Waals surface area contributed by atoms with Gasteiger partial charge in [0.15, 0.2) is 0 Å². The Bertz CT molecular complexity index is 590. The van der Waals surface area contributed by atoms with Gasteiger partial charge in [0.1, 0.15) is 11.3 Å². The average Bonchev–Trinajstić information content (AvgIpc) is 2.84. The molecular weight excluding hydrogens is 292 g/mol. The zero-order valence-electron chi connectivity index (χ0n) is 11.6. The van der Waals surface area contributed by atoms with Crippen LogP contribution in [0.15, 0.2) is 23.2 Å². The van der Waals surface area contributed by atoms with Crippen molar-refractivity contribution in [3.8, 4) is 5.75 Å². The molecule has 0 saturated heterocycles. The summed E-state index contributed by atoms with van der Waals surface area (Å²) in [5.74, 6) is 1.29. The van der Waals surface area contributed by atoms with Gasteiger partial charge in [-0.05, 0) is 30.7 Å². The summed E-state index contributed by atoms with van der Waals surface area (Å²) in [7, 11) is 0. The summed E-state index contributed by atoms with van der Waals surface area (Å²) in [5, 5.41) is 8.53. The Labute approximate surface area is 127 Å². The standard InChI is InChI=1S/C14H17ClN4O2/c1-8-6-12(15)18-13(16-8)19-14(20)17-10-2-3-11-9(7-10)4-5-21-11/h2-3,7-8,12H,4-6H2,1H3,(H3,16,17,18,19,20). The number of alkyl halides is 1. The minimum atomic E-state index is -0.349. The van der Waals surface area contributed by atoms with Gasteiger partial charge in [-0.2, -0.15) is 0 Å². The van der Waals surface area contributed by atoms with Crippen LogP contribution in [0.5, 0.6) is 5.75 Å². The summed E-state index contributed by atoms with van der Waals surface area (Å²) in [6, 6.07) is 5.43. The van der Waals surface area contributed by atoms with Gasteiger partial charge in [-0.15, -0.1) is 0 Å². The molecular formula is C14H17ClN4O2. The summed E-state index contributed by atoms with van der Waals surface area (Å²) < 4.78 is 5.43. The lowest BCUT2D eigenvalue weighted by Crippen LogP contribution is -2.49. The van der Waals surface area contributed by atoms with Gasteiger partial charge >= 0.3 is 6.03 Å². The number of fused-ring (bicyclic) bond motifs is 1. The summed E-state index contributed by atoms with van der Waals surface area (Å²) in [5.41, 5.74) is 1.52. The van der Waals surface area contributed by atoms with E-state index in [-0.39, 0.29) is 17.6 Å². The van der Waals surface area contributed by atoms with Crippen molar-refractivity contribution in [3.05, 3.63) is 23.8 Å². The Morgan fingerprint density at radius 1 is 1.48 bits per heavy atom. The van der Waals surface area contributed by atoms with E-state index in [2.05, 4.69) is 20.9 Å². The Hall–Kier alpha value is -1.95. The summed E-state index contributed by atoms with van der Waals surface area (Å²) in [6.07, 6.45) is 1.60. The Morgan fingerprint density at radius 2 is 2.33 bits per heavy atom. The van der Waals surface area contributed by atoms with Crippen LogP contribution in [0.1, 0.15) is 18.9 Å². The average molecular weight is 309 g/mol. The number of hydrogen-bond donors (Lipinski definition) is 3. The SMILES string of the molecule is CC1CC(Cl)N=C(NC(=O)Nc2ccc3c(c2)CCO3)N1. The highest BCUT2D eigenvalue weighted by Crippen LogP contribution is 2.27. The lowest BCUT2D eigenvalue weighted by atomic mass is 10.1. The molecule has 2 amide bonds. The molecule has 0 fully saturated rings. The van der Waals surface area contributed by atoms with Crippen molar-refractivity contribution in [1.29, 1.82) is 0 Å². The monoisotopic (exact) mass is 308 g/mol. The van der Waals surface area contributed by atoms with Crippen LogP contribution >= 0.6 is 11.6 Å². The molecule has 6 nitrogen and oxygen atoms in total. The molecule has 2 aliphatic rings. The smallest absolute Gasteiger partial charge is 0.325 e. The van der Waals surface area contributed by atoms with E-state index < -0.39 is 0 Å². The number of halogens is 1. The predicted molar refractivity (Wildman–Crippen MR) is 82.1 cm³/mol. The number of nitrogens with zero attached hydrogens (tertiary/aromatic N) is 1. The number of carbonyl (C=O) groups excluding carboxylic acids is 1. The molecule has 0 aromatic heterocycles. The fourth-order valence-electron chi connectivity index (χ4n) is 2.42. The third kappa shape index (κ3) is 3.39. The zero-order chi connectivity index (χ0) is 14.8. The van der Waals surface area contributed by atoms with Crippen molar-refractivity contribution in [2.75, 3.05) is 11.9 Å². The molecule has 1 aromatic rings. The van der Waals surface area contributed by atoms with E-state index in [9.17, 15) is 4.79 Å². The quantitative estimate of drug-likeness (QED) is 0.549. The predicted octanol–water partition coefficient (Wildman–Crippen LogP) is 2.05. The van der Waals surface area contributed by atoms with Gasteiger partial charge < -0.3 is 15.4 Å². The number of guanidine groups is 1. The topological polar surface area (TPSA) is 74.8 Å². The second kappa shape index (κ2) is 5.81. The first-order valence-electron chi connectivity index (χ1n) is 6.92. The Kier molecular flexibility index (Phi) is 3.88. The molecule has 0 spiro atoms. The molecule has 112 valence electrons. The molecule has 1 aromatic carbocycles. The van der Waals surface area contributed by atoms with Gasteiger partial charge in [-0.1, -0.05) is 11.6 Å². The van der Waals surface area contributed by atoms with Crippen molar-refractivity contribution >= 4 is 29.3 Å². The molecule has 21 heavy (non-hydrogen) atoms. The molecule has 2 aliphatic heterocycles. The third-order valence-electron chi connectivity index (χ3n) is 3.38. The molecule has 0 saturated carbocycles. The fourth-order valence-corrected chi connectivity index (χ4v) is 2.78. The van der Waals surface area contributed by atoms with Crippen LogP contribution in [-0.4, -0.2) is 30.1 Å². The molecule has 7 heteroatoms. The Balaban J connectivity index is 1.61. The van der Waals surface area contributed by atoms with Gasteiger partial charge in [0.2, 0.25) is 5.96 Å². The van der Waals surface area contributed by atoms with Gasteiger partial charge in [-0.25, -0.2) is 9.79 Å². The van der Waals surface area contributed by atoms with E-state index >= 15 is 0 Å². The van der Waals surface area contributed by atoms with Crippen LogP contribution in [0, 0.1) is 0 Å². The van der Waals surface area contributed by atoms with E-state index in [1.54, 1.807) is 0 Å². The number of nitrogens with one attached hydrogen (secondary N) is 3. The number of anilines is 1. The molecule has 2 heterocycles. The molecule has 3 rings (SSSR count). The van der Waals surface area contributed by atoms with E-state index in [0.717, 1.165) is 29.8 Å². The number of amides is 2. The maximum Gasteiger partial charge on any atom is 0.325 e. The van der Waals surface area contributed by atoms with Gasteiger partial charge in [-0.3, -0.25) is 5.32 Å². The maximum absolute atomic E-state index is 12.0. The van der Waals surface area contributed by atoms with Crippen LogP contribution < -0.4 is 20.7 Å². The molecule has 0 aliphatic carbocycles. The normalized spacial score (nSPS) is 23.4. The largest absolute Gasteiger partial charge is 0.493 e. The van der Waals surface area contributed by atoms with Crippen LogP contribution in [-0.2, 0) is 6.42 Å². The highest BCUT2D eigenvalue weighted by atomic mass is 35.5. The number of carbonyl (C=O) groups is 1.